The van der Waals surface area contributed by atoms with Crippen molar-refractivity contribution in [2.24, 2.45) is 0 Å². The van der Waals surface area contributed by atoms with Crippen molar-refractivity contribution in [2.75, 3.05) is 23.3 Å². The van der Waals surface area contributed by atoms with Gasteiger partial charge in [0.15, 0.2) is 0 Å². The van der Waals surface area contributed by atoms with Crippen molar-refractivity contribution in [1.82, 2.24) is 9.97 Å². The van der Waals surface area contributed by atoms with Crippen LogP contribution in [0.4, 0.5) is 17.3 Å². The van der Waals surface area contributed by atoms with Crippen molar-refractivity contribution in [3.63, 3.8) is 0 Å². The minimum atomic E-state index is 0.138. The highest BCUT2D eigenvalue weighted by Crippen LogP contribution is 2.29. The van der Waals surface area contributed by atoms with E-state index in [0.717, 1.165) is 41.3 Å². The van der Waals surface area contributed by atoms with Crippen LogP contribution in [-0.4, -0.2) is 28.8 Å². The van der Waals surface area contributed by atoms with Gasteiger partial charge in [0, 0.05) is 37.0 Å². The molecule has 0 bridgehead atoms. The van der Waals surface area contributed by atoms with E-state index in [9.17, 15) is 10.1 Å². The molecule has 1 aliphatic heterocycles. The summed E-state index contributed by atoms with van der Waals surface area (Å²) in [6, 6.07) is 17.8. The Hall–Kier alpha value is -3.72. The van der Waals surface area contributed by atoms with Crippen LogP contribution in [0.2, 0.25) is 0 Å². The Morgan fingerprint density at radius 3 is 2.60 bits per heavy atom. The molecule has 4 rings (SSSR count). The Kier molecular flexibility index (Phi) is 5.71. The van der Waals surface area contributed by atoms with Crippen LogP contribution in [0.15, 0.2) is 54.7 Å². The number of benzene rings is 2. The molecule has 0 atom stereocenters. The Labute approximate surface area is 176 Å². The SMILES string of the molecule is CC(=O)Cc1ccc(Nc2nccc(-c3ccc(N4CCCC4)c(C#N)c3)n2)cc1. The number of aromatic nitrogens is 2. The molecule has 0 amide bonds. The third-order valence-electron chi connectivity index (χ3n) is 5.18. The third kappa shape index (κ3) is 4.47. The second kappa shape index (κ2) is 8.75. The zero-order chi connectivity index (χ0) is 20.9. The van der Waals surface area contributed by atoms with E-state index in [1.807, 2.05) is 48.5 Å². The molecule has 150 valence electrons. The average molecular weight is 397 g/mol. The van der Waals surface area contributed by atoms with E-state index in [-0.39, 0.29) is 5.78 Å². The summed E-state index contributed by atoms with van der Waals surface area (Å²) >= 11 is 0. The molecule has 2 heterocycles. The minimum Gasteiger partial charge on any atom is -0.370 e. The summed E-state index contributed by atoms with van der Waals surface area (Å²) in [6.07, 6.45) is 4.47. The molecular weight excluding hydrogens is 374 g/mol. The third-order valence-corrected chi connectivity index (χ3v) is 5.18. The van der Waals surface area contributed by atoms with Gasteiger partial charge in [-0.2, -0.15) is 5.26 Å². The molecule has 6 nitrogen and oxygen atoms in total. The number of carbonyl (C=O) groups excluding carboxylic acids is 1. The lowest BCUT2D eigenvalue weighted by atomic mass is 10.1. The molecule has 6 heteroatoms. The van der Waals surface area contributed by atoms with Gasteiger partial charge < -0.3 is 10.2 Å². The Morgan fingerprint density at radius 2 is 1.90 bits per heavy atom. The number of nitriles is 1. The summed E-state index contributed by atoms with van der Waals surface area (Å²) in [5.74, 6) is 0.619. The van der Waals surface area contributed by atoms with Crippen LogP contribution in [-0.2, 0) is 11.2 Å². The summed E-state index contributed by atoms with van der Waals surface area (Å²) in [5.41, 5.74) is 5.13. The Balaban J connectivity index is 1.54. The Bertz CT molecular complexity index is 1100. The molecule has 1 N–H and O–H groups in total. The smallest absolute Gasteiger partial charge is 0.227 e. The Morgan fingerprint density at radius 1 is 1.13 bits per heavy atom. The molecule has 0 spiro atoms. The highest BCUT2D eigenvalue weighted by molar-refractivity contribution is 5.78. The second-order valence-electron chi connectivity index (χ2n) is 7.50. The van der Waals surface area contributed by atoms with Gasteiger partial charge in [-0.15, -0.1) is 0 Å². The number of Topliss-reactive ketones (excluding diaryl/α,β-unsaturated/α-hetero) is 1. The van der Waals surface area contributed by atoms with Crippen molar-refractivity contribution < 1.29 is 4.79 Å². The zero-order valence-corrected chi connectivity index (χ0v) is 16.9. The quantitative estimate of drug-likeness (QED) is 0.660. The van der Waals surface area contributed by atoms with Crippen molar-refractivity contribution in [3.05, 3.63) is 65.9 Å². The fraction of sp³-hybridized carbons (Fsp3) is 0.250. The highest BCUT2D eigenvalue weighted by Gasteiger charge is 2.16. The fourth-order valence-electron chi connectivity index (χ4n) is 3.72. The zero-order valence-electron chi connectivity index (χ0n) is 16.9. The van der Waals surface area contributed by atoms with Gasteiger partial charge in [0.2, 0.25) is 5.95 Å². The van der Waals surface area contributed by atoms with Crippen molar-refractivity contribution in [2.45, 2.75) is 26.2 Å². The predicted octanol–water partition coefficient (Wildman–Crippen LogP) is 4.49. The molecule has 1 fully saturated rings. The number of ketones is 1. The van der Waals surface area contributed by atoms with E-state index in [2.05, 4.69) is 26.3 Å². The largest absolute Gasteiger partial charge is 0.370 e. The van der Waals surface area contributed by atoms with E-state index < -0.39 is 0 Å². The number of nitrogens with one attached hydrogen (secondary N) is 1. The van der Waals surface area contributed by atoms with Crippen LogP contribution in [0.1, 0.15) is 30.9 Å². The van der Waals surface area contributed by atoms with Crippen LogP contribution < -0.4 is 10.2 Å². The maximum Gasteiger partial charge on any atom is 0.227 e. The van der Waals surface area contributed by atoms with Gasteiger partial charge >= 0.3 is 0 Å². The summed E-state index contributed by atoms with van der Waals surface area (Å²) in [4.78, 5) is 22.4. The predicted molar refractivity (Wildman–Crippen MR) is 118 cm³/mol. The molecule has 2 aromatic carbocycles. The minimum absolute atomic E-state index is 0.138. The second-order valence-corrected chi connectivity index (χ2v) is 7.50. The first kappa shape index (κ1) is 19.6. The summed E-state index contributed by atoms with van der Waals surface area (Å²) in [6.45, 7) is 3.59. The number of nitrogens with zero attached hydrogens (tertiary/aromatic N) is 4. The lowest BCUT2D eigenvalue weighted by Gasteiger charge is -2.19. The van der Waals surface area contributed by atoms with Crippen LogP contribution in [0.25, 0.3) is 11.3 Å². The summed E-state index contributed by atoms with van der Waals surface area (Å²) in [7, 11) is 0. The van der Waals surface area contributed by atoms with Gasteiger partial charge in [-0.1, -0.05) is 18.2 Å². The van der Waals surface area contributed by atoms with E-state index in [0.29, 0.717) is 17.9 Å². The van der Waals surface area contributed by atoms with Crippen molar-refractivity contribution in [1.29, 1.82) is 5.26 Å². The van der Waals surface area contributed by atoms with Crippen LogP contribution in [0.3, 0.4) is 0 Å². The van der Waals surface area contributed by atoms with Gasteiger partial charge in [0.05, 0.1) is 16.9 Å². The van der Waals surface area contributed by atoms with E-state index in [4.69, 9.17) is 0 Å². The molecule has 0 radical (unpaired) electrons. The topological polar surface area (TPSA) is 81.9 Å². The first-order valence-corrected chi connectivity index (χ1v) is 10.1. The highest BCUT2D eigenvalue weighted by atomic mass is 16.1. The fourth-order valence-corrected chi connectivity index (χ4v) is 3.72. The lowest BCUT2D eigenvalue weighted by Crippen LogP contribution is -2.18. The normalized spacial score (nSPS) is 13.1. The molecule has 1 aromatic heterocycles. The monoisotopic (exact) mass is 397 g/mol. The van der Waals surface area contributed by atoms with Crippen LogP contribution >= 0.6 is 0 Å². The number of carbonyl (C=O) groups is 1. The van der Waals surface area contributed by atoms with Crippen molar-refractivity contribution in [3.8, 4) is 17.3 Å². The molecule has 0 aliphatic carbocycles. The van der Waals surface area contributed by atoms with Gasteiger partial charge in [0.1, 0.15) is 11.9 Å². The molecule has 0 saturated carbocycles. The van der Waals surface area contributed by atoms with E-state index >= 15 is 0 Å². The first-order valence-electron chi connectivity index (χ1n) is 10.1. The number of hydrogen-bond donors (Lipinski definition) is 1. The van der Waals surface area contributed by atoms with Gasteiger partial charge in [0.25, 0.3) is 0 Å². The van der Waals surface area contributed by atoms with Gasteiger partial charge in [-0.3, -0.25) is 4.79 Å². The standard InChI is InChI=1S/C24H23N5O/c1-17(30)14-18-4-7-21(8-5-18)27-24-26-11-10-22(28-24)19-6-9-23(20(15-19)16-25)29-12-2-3-13-29/h4-11,15H,2-3,12-14H2,1H3,(H,26,27,28). The molecule has 1 aliphatic rings. The summed E-state index contributed by atoms with van der Waals surface area (Å²) < 4.78 is 0. The average Bonchev–Trinajstić information content (AvgIpc) is 3.29. The van der Waals surface area contributed by atoms with Gasteiger partial charge in [-0.05, 0) is 55.7 Å². The summed E-state index contributed by atoms with van der Waals surface area (Å²) in [5, 5.41) is 12.8. The number of hydrogen-bond acceptors (Lipinski definition) is 6. The molecular formula is C24H23N5O. The number of anilines is 3. The molecule has 0 unspecified atom stereocenters. The maximum atomic E-state index is 11.2. The van der Waals surface area contributed by atoms with E-state index in [1.54, 1.807) is 13.1 Å². The van der Waals surface area contributed by atoms with Crippen LogP contribution in [0.5, 0.6) is 0 Å². The molecule has 30 heavy (non-hydrogen) atoms. The maximum absolute atomic E-state index is 11.2. The molecule has 1 saturated heterocycles. The van der Waals surface area contributed by atoms with Gasteiger partial charge in [-0.25, -0.2) is 9.97 Å². The molecule has 3 aromatic rings. The lowest BCUT2D eigenvalue weighted by molar-refractivity contribution is -0.116. The number of rotatable bonds is 6. The van der Waals surface area contributed by atoms with E-state index in [1.165, 1.54) is 12.8 Å². The first-order chi connectivity index (χ1) is 14.6. The van der Waals surface area contributed by atoms with Crippen LogP contribution in [0, 0.1) is 11.3 Å². The van der Waals surface area contributed by atoms with Crippen molar-refractivity contribution >= 4 is 23.1 Å².